The fourth-order valence-corrected chi connectivity index (χ4v) is 3.17. The number of aromatic nitrogens is 3. The summed E-state index contributed by atoms with van der Waals surface area (Å²) in [6.45, 7) is 6.51. The number of aromatic amines is 1. The van der Waals surface area contributed by atoms with Gasteiger partial charge < -0.3 is 14.6 Å². The molecule has 7 nitrogen and oxygen atoms in total. The van der Waals surface area contributed by atoms with Gasteiger partial charge in [0.25, 0.3) is 5.56 Å². The van der Waals surface area contributed by atoms with Crippen LogP contribution in [0.15, 0.2) is 23.5 Å². The smallest absolute Gasteiger partial charge is 0.273 e. The Bertz CT molecular complexity index is 719. The summed E-state index contributed by atoms with van der Waals surface area (Å²) in [5, 5.41) is 0.867. The Hall–Kier alpha value is -1.99. The zero-order valence-electron chi connectivity index (χ0n) is 12.4. The van der Waals surface area contributed by atoms with E-state index in [9.17, 15) is 4.79 Å². The summed E-state index contributed by atoms with van der Waals surface area (Å²) in [5.74, 6) is 0.681. The van der Waals surface area contributed by atoms with E-state index in [-0.39, 0.29) is 5.56 Å². The summed E-state index contributed by atoms with van der Waals surface area (Å²) >= 11 is 0. The SMILES string of the molecule is O=c1[nH]cc2cncnc2c1N1CCN(CC2COC2)CC1. The molecule has 0 aromatic carbocycles. The normalized spacial score (nSPS) is 20.3. The first kappa shape index (κ1) is 13.7. The monoisotopic (exact) mass is 301 g/mol. The zero-order chi connectivity index (χ0) is 14.9. The van der Waals surface area contributed by atoms with Crippen LogP contribution >= 0.6 is 0 Å². The van der Waals surface area contributed by atoms with Crippen LogP contribution < -0.4 is 10.5 Å². The van der Waals surface area contributed by atoms with Gasteiger partial charge in [-0.15, -0.1) is 0 Å². The molecule has 7 heteroatoms. The Labute approximate surface area is 127 Å². The van der Waals surface area contributed by atoms with Gasteiger partial charge >= 0.3 is 0 Å². The Morgan fingerprint density at radius 3 is 2.82 bits per heavy atom. The first-order valence-electron chi connectivity index (χ1n) is 7.68. The van der Waals surface area contributed by atoms with E-state index >= 15 is 0 Å². The first-order valence-corrected chi connectivity index (χ1v) is 7.68. The van der Waals surface area contributed by atoms with Gasteiger partial charge in [-0.05, 0) is 0 Å². The summed E-state index contributed by atoms with van der Waals surface area (Å²) < 4.78 is 5.23. The maximum atomic E-state index is 12.3. The molecule has 2 aliphatic rings. The quantitative estimate of drug-likeness (QED) is 0.866. The van der Waals surface area contributed by atoms with Crippen LogP contribution in [0.4, 0.5) is 5.69 Å². The summed E-state index contributed by atoms with van der Waals surface area (Å²) in [4.78, 5) is 28.0. The van der Waals surface area contributed by atoms with Gasteiger partial charge in [0.1, 0.15) is 17.5 Å². The lowest BCUT2D eigenvalue weighted by Crippen LogP contribution is -2.51. The largest absolute Gasteiger partial charge is 0.381 e. The minimum absolute atomic E-state index is 0.0768. The van der Waals surface area contributed by atoms with Crippen LogP contribution in [0.25, 0.3) is 10.9 Å². The molecule has 0 saturated carbocycles. The summed E-state index contributed by atoms with van der Waals surface area (Å²) in [6, 6.07) is 0. The number of nitrogens with zero attached hydrogens (tertiary/aromatic N) is 4. The minimum Gasteiger partial charge on any atom is -0.381 e. The van der Waals surface area contributed by atoms with E-state index in [1.165, 1.54) is 6.33 Å². The van der Waals surface area contributed by atoms with Gasteiger partial charge in [0.05, 0.1) is 13.2 Å². The van der Waals surface area contributed by atoms with Crippen LogP contribution in [0.5, 0.6) is 0 Å². The lowest BCUT2D eigenvalue weighted by atomic mass is 10.1. The molecule has 2 fully saturated rings. The van der Waals surface area contributed by atoms with E-state index < -0.39 is 0 Å². The summed E-state index contributed by atoms with van der Waals surface area (Å²) in [5.41, 5.74) is 1.33. The molecular weight excluding hydrogens is 282 g/mol. The van der Waals surface area contributed by atoms with Crippen molar-refractivity contribution in [2.24, 2.45) is 5.92 Å². The van der Waals surface area contributed by atoms with Crippen molar-refractivity contribution in [2.75, 3.05) is 50.8 Å². The number of ether oxygens (including phenoxy) is 1. The molecule has 4 rings (SSSR count). The molecule has 0 aliphatic carbocycles. The molecule has 0 amide bonds. The van der Waals surface area contributed by atoms with Gasteiger partial charge in [0.2, 0.25) is 0 Å². The number of rotatable bonds is 3. The average Bonchev–Trinajstić information content (AvgIpc) is 2.52. The lowest BCUT2D eigenvalue weighted by Gasteiger charge is -2.39. The maximum Gasteiger partial charge on any atom is 0.273 e. The average molecular weight is 301 g/mol. The lowest BCUT2D eigenvalue weighted by molar-refractivity contribution is -0.0468. The van der Waals surface area contributed by atoms with Crippen molar-refractivity contribution in [2.45, 2.75) is 0 Å². The van der Waals surface area contributed by atoms with E-state index in [0.717, 1.165) is 56.8 Å². The molecule has 22 heavy (non-hydrogen) atoms. The van der Waals surface area contributed by atoms with Gasteiger partial charge in [0, 0.05) is 56.4 Å². The fraction of sp³-hybridized carbons (Fsp3) is 0.533. The minimum atomic E-state index is -0.0768. The van der Waals surface area contributed by atoms with Gasteiger partial charge in [-0.1, -0.05) is 0 Å². The van der Waals surface area contributed by atoms with Gasteiger partial charge in [0.15, 0.2) is 0 Å². The van der Waals surface area contributed by atoms with Crippen molar-refractivity contribution < 1.29 is 4.74 Å². The second kappa shape index (κ2) is 5.66. The molecule has 0 unspecified atom stereocenters. The number of fused-ring (bicyclic) bond motifs is 1. The predicted octanol–water partition coefficient (Wildman–Crippen LogP) is 0.0865. The summed E-state index contributed by atoms with van der Waals surface area (Å²) in [7, 11) is 0. The molecule has 116 valence electrons. The highest BCUT2D eigenvalue weighted by Gasteiger charge is 2.26. The number of hydrogen-bond donors (Lipinski definition) is 1. The van der Waals surface area contributed by atoms with E-state index in [1.54, 1.807) is 12.4 Å². The summed E-state index contributed by atoms with van der Waals surface area (Å²) in [6.07, 6.45) is 4.90. The molecule has 0 atom stereocenters. The van der Waals surface area contributed by atoms with E-state index in [4.69, 9.17) is 4.74 Å². The molecule has 0 spiro atoms. The van der Waals surface area contributed by atoms with Crippen molar-refractivity contribution in [3.63, 3.8) is 0 Å². The third-order valence-electron chi connectivity index (χ3n) is 4.45. The number of anilines is 1. The highest BCUT2D eigenvalue weighted by Crippen LogP contribution is 2.21. The van der Waals surface area contributed by atoms with Gasteiger partial charge in [-0.2, -0.15) is 0 Å². The van der Waals surface area contributed by atoms with Crippen molar-refractivity contribution in [1.82, 2.24) is 19.9 Å². The third-order valence-corrected chi connectivity index (χ3v) is 4.45. The number of nitrogens with one attached hydrogen (secondary N) is 1. The van der Waals surface area contributed by atoms with Gasteiger partial charge in [-0.3, -0.25) is 9.69 Å². The van der Waals surface area contributed by atoms with Crippen LogP contribution in [0, 0.1) is 5.92 Å². The van der Waals surface area contributed by atoms with Crippen molar-refractivity contribution in [1.29, 1.82) is 0 Å². The maximum absolute atomic E-state index is 12.3. The van der Waals surface area contributed by atoms with Crippen molar-refractivity contribution in [3.05, 3.63) is 29.1 Å². The highest BCUT2D eigenvalue weighted by atomic mass is 16.5. The van der Waals surface area contributed by atoms with Crippen molar-refractivity contribution >= 4 is 16.6 Å². The highest BCUT2D eigenvalue weighted by molar-refractivity contribution is 5.88. The number of piperazine rings is 1. The van der Waals surface area contributed by atoms with E-state index in [1.807, 2.05) is 0 Å². The molecule has 2 saturated heterocycles. The molecule has 4 heterocycles. The molecule has 0 bridgehead atoms. The topological polar surface area (TPSA) is 74.4 Å². The second-order valence-corrected chi connectivity index (χ2v) is 5.98. The first-order chi connectivity index (χ1) is 10.8. The molecule has 1 N–H and O–H groups in total. The van der Waals surface area contributed by atoms with Crippen LogP contribution in [0.1, 0.15) is 0 Å². The number of H-pyrrole nitrogens is 1. The zero-order valence-corrected chi connectivity index (χ0v) is 12.4. The fourth-order valence-electron chi connectivity index (χ4n) is 3.17. The predicted molar refractivity (Wildman–Crippen MR) is 83.1 cm³/mol. The third kappa shape index (κ3) is 2.46. The number of pyridine rings is 1. The van der Waals surface area contributed by atoms with Crippen LogP contribution in [0.3, 0.4) is 0 Å². The van der Waals surface area contributed by atoms with Crippen molar-refractivity contribution in [3.8, 4) is 0 Å². The van der Waals surface area contributed by atoms with Gasteiger partial charge in [-0.25, -0.2) is 9.97 Å². The van der Waals surface area contributed by atoms with E-state index in [0.29, 0.717) is 11.6 Å². The molecule has 2 aliphatic heterocycles. The molecular formula is C15H19N5O2. The Kier molecular flexibility index (Phi) is 3.51. The molecule has 2 aromatic rings. The Morgan fingerprint density at radius 1 is 1.27 bits per heavy atom. The van der Waals surface area contributed by atoms with Crippen LogP contribution in [-0.4, -0.2) is 65.8 Å². The molecule has 0 radical (unpaired) electrons. The second-order valence-electron chi connectivity index (χ2n) is 5.98. The molecule has 2 aromatic heterocycles. The number of hydrogen-bond acceptors (Lipinski definition) is 6. The Balaban J connectivity index is 1.53. The van der Waals surface area contributed by atoms with Crippen LogP contribution in [-0.2, 0) is 4.74 Å². The Morgan fingerprint density at radius 2 is 2.09 bits per heavy atom. The van der Waals surface area contributed by atoms with Crippen LogP contribution in [0.2, 0.25) is 0 Å². The standard InChI is InChI=1S/C15H19N5O2/c21-15-14(13-12(6-17-15)5-16-10-18-13)20-3-1-19(2-4-20)7-11-8-22-9-11/h5-6,10-11H,1-4,7-9H2,(H,17,21). The van der Waals surface area contributed by atoms with E-state index in [2.05, 4.69) is 24.8 Å².